The summed E-state index contributed by atoms with van der Waals surface area (Å²) in [6.07, 6.45) is 0. The fraction of sp³-hybridized carbons (Fsp3) is 0.304. The number of benzene rings is 2. The van der Waals surface area contributed by atoms with Crippen LogP contribution < -0.4 is 19.5 Å². The van der Waals surface area contributed by atoms with E-state index in [4.69, 9.17) is 14.2 Å². The van der Waals surface area contributed by atoms with Crippen LogP contribution in [0.3, 0.4) is 0 Å². The largest absolute Gasteiger partial charge is 0.493 e. The van der Waals surface area contributed by atoms with Crippen molar-refractivity contribution in [3.8, 4) is 17.2 Å². The van der Waals surface area contributed by atoms with E-state index in [1.54, 1.807) is 44.4 Å². The number of carbonyl (C=O) groups excluding carboxylic acids is 1. The number of thioether (sulfide) groups is 1. The summed E-state index contributed by atoms with van der Waals surface area (Å²) in [5.41, 5.74) is 2.54. The molecule has 0 bridgehead atoms. The van der Waals surface area contributed by atoms with Crippen molar-refractivity contribution < 1.29 is 19.0 Å². The van der Waals surface area contributed by atoms with Crippen molar-refractivity contribution in [2.24, 2.45) is 0 Å². The summed E-state index contributed by atoms with van der Waals surface area (Å²) < 4.78 is 16.2. The molecule has 1 heterocycles. The van der Waals surface area contributed by atoms with Crippen molar-refractivity contribution in [3.63, 3.8) is 0 Å². The van der Waals surface area contributed by atoms with Crippen LogP contribution in [0.25, 0.3) is 0 Å². The number of hydrogen-bond acceptors (Lipinski definition) is 7. The Balaban J connectivity index is 1.65. The Hall–Kier alpha value is -2.71. The van der Waals surface area contributed by atoms with Gasteiger partial charge >= 0.3 is 0 Å². The fourth-order valence-corrected chi connectivity index (χ4v) is 4.56. The lowest BCUT2D eigenvalue weighted by Gasteiger charge is -2.19. The molecule has 0 aliphatic rings. The lowest BCUT2D eigenvalue weighted by atomic mass is 10.1. The van der Waals surface area contributed by atoms with Crippen LogP contribution in [-0.4, -0.2) is 32.2 Å². The predicted molar refractivity (Wildman–Crippen MR) is 125 cm³/mol. The second-order valence-corrected chi connectivity index (χ2v) is 8.94. The quantitative estimate of drug-likeness (QED) is 0.441. The molecule has 0 aliphatic carbocycles. The average molecular weight is 459 g/mol. The highest BCUT2D eigenvalue weighted by atomic mass is 32.2. The molecule has 1 N–H and O–H groups in total. The molecule has 1 amide bonds. The summed E-state index contributed by atoms with van der Waals surface area (Å²) in [5.74, 6) is 2.29. The molecule has 0 spiro atoms. The topological polar surface area (TPSA) is 69.7 Å². The number of nitrogens with one attached hydrogen (secondary N) is 1. The molecule has 3 aromatic rings. The first kappa shape index (κ1) is 23.0. The molecule has 8 heteroatoms. The zero-order chi connectivity index (χ0) is 22.4. The monoisotopic (exact) mass is 458 g/mol. The third kappa shape index (κ3) is 5.71. The van der Waals surface area contributed by atoms with Gasteiger partial charge in [0, 0.05) is 21.6 Å². The van der Waals surface area contributed by atoms with Crippen molar-refractivity contribution in [2.75, 3.05) is 21.3 Å². The number of ether oxygens (including phenoxy) is 3. The maximum atomic E-state index is 12.7. The van der Waals surface area contributed by atoms with Crippen LogP contribution in [0.5, 0.6) is 17.2 Å². The van der Waals surface area contributed by atoms with Gasteiger partial charge in [-0.15, -0.1) is 23.1 Å². The summed E-state index contributed by atoms with van der Waals surface area (Å²) >= 11 is 3.36. The number of thiazole rings is 1. The Morgan fingerprint density at radius 1 is 1.10 bits per heavy atom. The van der Waals surface area contributed by atoms with Crippen LogP contribution in [0.2, 0.25) is 0 Å². The van der Waals surface area contributed by atoms with Gasteiger partial charge in [0.1, 0.15) is 0 Å². The minimum Gasteiger partial charge on any atom is -0.493 e. The smallest absolute Gasteiger partial charge is 0.251 e. The van der Waals surface area contributed by atoms with Crippen LogP contribution in [0, 0.1) is 6.92 Å². The summed E-state index contributed by atoms with van der Waals surface area (Å²) in [7, 11) is 4.70. The number of aryl methyl sites for hydroxylation is 1. The van der Waals surface area contributed by atoms with Gasteiger partial charge in [0.2, 0.25) is 5.75 Å². The van der Waals surface area contributed by atoms with Crippen molar-refractivity contribution in [2.45, 2.75) is 30.5 Å². The first-order valence-electron chi connectivity index (χ1n) is 9.69. The van der Waals surface area contributed by atoms with E-state index in [2.05, 4.69) is 15.7 Å². The Morgan fingerprint density at radius 2 is 1.74 bits per heavy atom. The Labute approximate surface area is 191 Å². The molecule has 3 rings (SSSR count). The Morgan fingerprint density at radius 3 is 2.26 bits per heavy atom. The van der Waals surface area contributed by atoms with Crippen LogP contribution in [-0.2, 0) is 5.75 Å². The van der Waals surface area contributed by atoms with Gasteiger partial charge in [-0.1, -0.05) is 0 Å². The zero-order valence-corrected chi connectivity index (χ0v) is 19.9. The highest BCUT2D eigenvalue weighted by Crippen LogP contribution is 2.39. The normalized spacial score (nSPS) is 11.6. The number of amides is 1. The number of nitrogens with zero attached hydrogens (tertiary/aromatic N) is 1. The fourth-order valence-electron chi connectivity index (χ4n) is 3.05. The number of carbonyl (C=O) groups is 1. The Bertz CT molecular complexity index is 1010. The third-order valence-electron chi connectivity index (χ3n) is 4.70. The molecule has 0 radical (unpaired) electrons. The minimum atomic E-state index is -0.247. The highest BCUT2D eigenvalue weighted by molar-refractivity contribution is 7.98. The molecule has 164 valence electrons. The molecule has 2 aromatic carbocycles. The number of methoxy groups -OCH3 is 3. The van der Waals surface area contributed by atoms with Gasteiger partial charge in [-0.05, 0) is 55.8 Å². The van der Waals surface area contributed by atoms with Gasteiger partial charge < -0.3 is 19.5 Å². The van der Waals surface area contributed by atoms with Gasteiger partial charge in [0.15, 0.2) is 11.5 Å². The zero-order valence-electron chi connectivity index (χ0n) is 18.2. The van der Waals surface area contributed by atoms with E-state index in [0.29, 0.717) is 22.8 Å². The summed E-state index contributed by atoms with van der Waals surface area (Å²) in [6, 6.07) is 11.0. The Kier molecular flexibility index (Phi) is 7.81. The molecular formula is C23H26N2O4S2. The van der Waals surface area contributed by atoms with Crippen molar-refractivity contribution in [3.05, 3.63) is 63.6 Å². The molecule has 0 saturated carbocycles. The second-order valence-electron chi connectivity index (χ2n) is 6.82. The molecule has 0 saturated heterocycles. The van der Waals surface area contributed by atoms with Gasteiger partial charge in [0.05, 0.1) is 38.1 Å². The maximum Gasteiger partial charge on any atom is 0.251 e. The predicted octanol–water partition coefficient (Wildman–Crippen LogP) is 5.26. The van der Waals surface area contributed by atoms with Crippen molar-refractivity contribution in [1.29, 1.82) is 0 Å². The van der Waals surface area contributed by atoms with E-state index < -0.39 is 0 Å². The van der Waals surface area contributed by atoms with E-state index >= 15 is 0 Å². The first-order chi connectivity index (χ1) is 14.9. The van der Waals surface area contributed by atoms with Crippen molar-refractivity contribution in [1.82, 2.24) is 10.3 Å². The van der Waals surface area contributed by atoms with Gasteiger partial charge in [-0.2, -0.15) is 0 Å². The molecule has 6 nitrogen and oxygen atoms in total. The molecule has 31 heavy (non-hydrogen) atoms. The molecule has 1 atom stereocenters. The molecule has 0 fully saturated rings. The van der Waals surface area contributed by atoms with Crippen LogP contribution >= 0.6 is 23.1 Å². The van der Waals surface area contributed by atoms with E-state index in [0.717, 1.165) is 26.9 Å². The average Bonchev–Trinajstić information content (AvgIpc) is 3.21. The van der Waals surface area contributed by atoms with Gasteiger partial charge in [-0.25, -0.2) is 4.98 Å². The number of aromatic nitrogens is 1. The second kappa shape index (κ2) is 10.5. The lowest BCUT2D eigenvalue weighted by Crippen LogP contribution is -2.26. The standard InChI is InChI=1S/C23H26N2O4S2/c1-14(17-10-20(27-3)22(29-5)21(11-17)28-4)24-23(26)16-6-8-19(9-7-16)31-13-18-12-30-15(2)25-18/h6-12,14H,13H2,1-5H3,(H,24,26). The third-order valence-corrected chi connectivity index (χ3v) is 6.57. The lowest BCUT2D eigenvalue weighted by molar-refractivity contribution is 0.0939. The van der Waals surface area contributed by atoms with Gasteiger partial charge in [0.25, 0.3) is 5.91 Å². The van der Waals surface area contributed by atoms with Crippen LogP contribution in [0.15, 0.2) is 46.7 Å². The molecular weight excluding hydrogens is 432 g/mol. The summed E-state index contributed by atoms with van der Waals surface area (Å²) in [5, 5.41) is 6.18. The van der Waals surface area contributed by atoms with Gasteiger partial charge in [-0.3, -0.25) is 4.79 Å². The molecule has 0 aliphatic heterocycles. The molecule has 1 unspecified atom stereocenters. The highest BCUT2D eigenvalue weighted by Gasteiger charge is 2.18. The summed E-state index contributed by atoms with van der Waals surface area (Å²) in [4.78, 5) is 18.3. The number of hydrogen-bond donors (Lipinski definition) is 1. The van der Waals surface area contributed by atoms with Crippen LogP contribution in [0.1, 0.15) is 39.6 Å². The first-order valence-corrected chi connectivity index (χ1v) is 11.6. The number of rotatable bonds is 9. The SMILES string of the molecule is COc1cc(C(C)NC(=O)c2ccc(SCc3csc(C)n3)cc2)cc(OC)c1OC. The maximum absolute atomic E-state index is 12.7. The van der Waals surface area contributed by atoms with E-state index in [-0.39, 0.29) is 11.9 Å². The van der Waals surface area contributed by atoms with Crippen LogP contribution in [0.4, 0.5) is 0 Å². The van der Waals surface area contributed by atoms with E-state index in [9.17, 15) is 4.79 Å². The van der Waals surface area contributed by atoms with E-state index in [1.807, 2.05) is 50.2 Å². The van der Waals surface area contributed by atoms with Crippen molar-refractivity contribution >= 4 is 29.0 Å². The minimum absolute atomic E-state index is 0.145. The molecule has 1 aromatic heterocycles. The summed E-state index contributed by atoms with van der Waals surface area (Å²) in [6.45, 7) is 3.92. The van der Waals surface area contributed by atoms with E-state index in [1.165, 1.54) is 0 Å².